The summed E-state index contributed by atoms with van der Waals surface area (Å²) in [6.45, 7) is 0. The Balaban J connectivity index is 1.87. The highest BCUT2D eigenvalue weighted by atomic mass is 32.1. The predicted octanol–water partition coefficient (Wildman–Crippen LogP) is 3.45. The van der Waals surface area contributed by atoms with E-state index in [1.54, 1.807) is 0 Å². The Morgan fingerprint density at radius 2 is 1.92 bits per heavy atom. The maximum absolute atomic E-state index is 12.9. The van der Waals surface area contributed by atoms with Crippen molar-refractivity contribution >= 4 is 44.3 Å². The first-order valence-electron chi connectivity index (χ1n) is 7.35. The molecule has 0 radical (unpaired) electrons. The largest absolute Gasteiger partial charge is 0.465 e. The molecule has 0 bridgehead atoms. The van der Waals surface area contributed by atoms with Gasteiger partial charge in [0, 0.05) is 18.8 Å². The number of esters is 1. The second-order valence-corrected chi connectivity index (χ2v) is 6.31. The van der Waals surface area contributed by atoms with Crippen molar-refractivity contribution in [3.8, 4) is 0 Å². The molecule has 1 aromatic carbocycles. The summed E-state index contributed by atoms with van der Waals surface area (Å²) in [4.78, 5) is 37.0. The van der Waals surface area contributed by atoms with Crippen LogP contribution < -0.4 is 15.8 Å². The molecule has 2 amide bonds. The number of nitrogens with one attached hydrogen (secondary N) is 1. The van der Waals surface area contributed by atoms with Crippen LogP contribution in [0.5, 0.6) is 0 Å². The van der Waals surface area contributed by atoms with Gasteiger partial charge in [-0.3, -0.25) is 4.90 Å². The molecule has 0 unspecified atom stereocenters. The number of rotatable bonds is 3. The predicted molar refractivity (Wildman–Crippen MR) is 95.5 cm³/mol. The fourth-order valence-corrected chi connectivity index (χ4v) is 3.15. The van der Waals surface area contributed by atoms with Crippen LogP contribution in [0.15, 0.2) is 45.6 Å². The first kappa shape index (κ1) is 17.6. The Kier molecular flexibility index (Phi) is 4.72. The van der Waals surface area contributed by atoms with E-state index in [2.05, 4.69) is 10.1 Å². The molecule has 7 nitrogen and oxygen atoms in total. The molecule has 0 saturated carbocycles. The molecule has 0 fully saturated rings. The second-order valence-electron chi connectivity index (χ2n) is 5.25. The lowest BCUT2D eigenvalue weighted by atomic mass is 10.3. The summed E-state index contributed by atoms with van der Waals surface area (Å²) in [6, 6.07) is 7.77. The van der Waals surface area contributed by atoms with Crippen LogP contribution in [0.4, 0.5) is 19.9 Å². The van der Waals surface area contributed by atoms with Gasteiger partial charge in [0.2, 0.25) is 0 Å². The minimum absolute atomic E-state index is 0.216. The van der Waals surface area contributed by atoms with Crippen molar-refractivity contribution in [2.45, 2.75) is 0 Å². The second kappa shape index (κ2) is 6.96. The van der Waals surface area contributed by atoms with Gasteiger partial charge in [-0.1, -0.05) is 0 Å². The first-order chi connectivity index (χ1) is 12.4. The van der Waals surface area contributed by atoms with Crippen LogP contribution in [0.1, 0.15) is 10.4 Å². The van der Waals surface area contributed by atoms with Crippen LogP contribution in [0.3, 0.4) is 0 Å². The molecule has 26 heavy (non-hydrogen) atoms. The van der Waals surface area contributed by atoms with Crippen molar-refractivity contribution < 1.29 is 23.1 Å². The number of benzene rings is 1. The number of fused-ring (bicyclic) bond motifs is 1. The SMILES string of the molecule is COC(=O)c1cc2sc(N(C)C(=O)Nc3ccc(F)cc3)cc2oc1=O. The highest BCUT2D eigenvalue weighted by molar-refractivity contribution is 7.22. The van der Waals surface area contributed by atoms with Gasteiger partial charge in [0.15, 0.2) is 5.58 Å². The quantitative estimate of drug-likeness (QED) is 0.707. The van der Waals surface area contributed by atoms with E-state index in [-0.39, 0.29) is 11.1 Å². The first-order valence-corrected chi connectivity index (χ1v) is 8.17. The molecule has 3 aromatic rings. The number of ether oxygens (including phenoxy) is 1. The third-order valence-corrected chi connectivity index (χ3v) is 4.69. The number of methoxy groups -OCH3 is 1. The maximum Gasteiger partial charge on any atom is 0.351 e. The number of hydrogen-bond donors (Lipinski definition) is 1. The third-order valence-electron chi connectivity index (χ3n) is 3.55. The Bertz CT molecular complexity index is 1040. The lowest BCUT2D eigenvalue weighted by Crippen LogP contribution is -2.30. The number of carbonyl (C=O) groups excluding carboxylic acids is 2. The Morgan fingerprint density at radius 1 is 1.23 bits per heavy atom. The lowest BCUT2D eigenvalue weighted by molar-refractivity contribution is 0.0596. The topological polar surface area (TPSA) is 88.8 Å². The number of amides is 2. The van der Waals surface area contributed by atoms with Gasteiger partial charge in [-0.15, -0.1) is 11.3 Å². The summed E-state index contributed by atoms with van der Waals surface area (Å²) in [6.07, 6.45) is 0. The molecule has 1 N–H and O–H groups in total. The number of halogens is 1. The van der Waals surface area contributed by atoms with Gasteiger partial charge in [-0.25, -0.2) is 18.8 Å². The molecule has 3 rings (SSSR count). The summed E-state index contributed by atoms with van der Waals surface area (Å²) in [7, 11) is 2.70. The maximum atomic E-state index is 12.9. The van der Waals surface area contributed by atoms with E-state index < -0.39 is 23.4 Å². The molecular weight excluding hydrogens is 363 g/mol. The van der Waals surface area contributed by atoms with Gasteiger partial charge in [0.05, 0.1) is 11.8 Å². The van der Waals surface area contributed by atoms with E-state index in [0.29, 0.717) is 15.4 Å². The van der Waals surface area contributed by atoms with Crippen LogP contribution in [0, 0.1) is 5.82 Å². The molecule has 0 aliphatic carbocycles. The van der Waals surface area contributed by atoms with Crippen LogP contribution in [-0.2, 0) is 4.74 Å². The standard InChI is InChI=1S/C17H13FN2O5S/c1-20(17(23)19-10-5-3-9(18)4-6-10)14-8-12-13(26-14)7-11(15(21)24-2)16(22)25-12/h3-8H,1-2H3,(H,19,23). The highest BCUT2D eigenvalue weighted by Crippen LogP contribution is 2.32. The van der Waals surface area contributed by atoms with Gasteiger partial charge in [0.1, 0.15) is 16.4 Å². The average Bonchev–Trinajstić information content (AvgIpc) is 3.04. The zero-order chi connectivity index (χ0) is 18.8. The molecule has 2 heterocycles. The van der Waals surface area contributed by atoms with Gasteiger partial charge in [-0.2, -0.15) is 0 Å². The molecule has 0 spiro atoms. The summed E-state index contributed by atoms with van der Waals surface area (Å²) in [5, 5.41) is 3.11. The summed E-state index contributed by atoms with van der Waals surface area (Å²) in [5.74, 6) is -1.20. The van der Waals surface area contributed by atoms with Crippen molar-refractivity contribution in [1.29, 1.82) is 0 Å². The summed E-state index contributed by atoms with van der Waals surface area (Å²) >= 11 is 1.16. The van der Waals surface area contributed by atoms with Crippen molar-refractivity contribution in [3.05, 3.63) is 58.2 Å². The van der Waals surface area contributed by atoms with Crippen LogP contribution >= 0.6 is 11.3 Å². The normalized spacial score (nSPS) is 10.6. The van der Waals surface area contributed by atoms with E-state index in [1.165, 1.54) is 55.5 Å². The van der Waals surface area contributed by atoms with Gasteiger partial charge < -0.3 is 14.5 Å². The van der Waals surface area contributed by atoms with Crippen molar-refractivity contribution in [1.82, 2.24) is 0 Å². The summed E-state index contributed by atoms with van der Waals surface area (Å²) < 4.78 is 23.1. The van der Waals surface area contributed by atoms with Gasteiger partial charge >= 0.3 is 17.6 Å². The minimum atomic E-state index is -0.813. The fraction of sp³-hybridized carbons (Fsp3) is 0.118. The Labute approximate surface area is 150 Å². The van der Waals surface area contributed by atoms with E-state index in [9.17, 15) is 18.8 Å². The van der Waals surface area contributed by atoms with Crippen molar-refractivity contribution in [2.75, 3.05) is 24.4 Å². The smallest absolute Gasteiger partial charge is 0.351 e. The molecular formula is C17H13FN2O5S. The van der Waals surface area contributed by atoms with E-state index >= 15 is 0 Å². The molecule has 9 heteroatoms. The van der Waals surface area contributed by atoms with E-state index in [0.717, 1.165) is 11.3 Å². The van der Waals surface area contributed by atoms with Crippen LogP contribution in [-0.4, -0.2) is 26.2 Å². The molecule has 0 aliphatic rings. The van der Waals surface area contributed by atoms with Gasteiger partial charge in [-0.05, 0) is 30.3 Å². The third kappa shape index (κ3) is 3.42. The molecule has 2 aromatic heterocycles. The Morgan fingerprint density at radius 3 is 2.58 bits per heavy atom. The van der Waals surface area contributed by atoms with Gasteiger partial charge in [0.25, 0.3) is 0 Å². The lowest BCUT2D eigenvalue weighted by Gasteiger charge is -2.15. The molecule has 0 aliphatic heterocycles. The molecule has 0 saturated heterocycles. The van der Waals surface area contributed by atoms with Crippen LogP contribution in [0.25, 0.3) is 10.3 Å². The number of carbonyl (C=O) groups is 2. The number of thiophene rings is 1. The highest BCUT2D eigenvalue weighted by Gasteiger charge is 2.19. The molecule has 134 valence electrons. The van der Waals surface area contributed by atoms with Crippen molar-refractivity contribution in [2.24, 2.45) is 0 Å². The number of urea groups is 1. The van der Waals surface area contributed by atoms with E-state index in [1.807, 2.05) is 0 Å². The van der Waals surface area contributed by atoms with Crippen LogP contribution in [0.2, 0.25) is 0 Å². The van der Waals surface area contributed by atoms with Crippen molar-refractivity contribution in [3.63, 3.8) is 0 Å². The Hall–Kier alpha value is -3.20. The zero-order valence-corrected chi connectivity index (χ0v) is 14.6. The summed E-state index contributed by atoms with van der Waals surface area (Å²) in [5.41, 5.74) is -0.341. The number of nitrogens with zero attached hydrogens (tertiary/aromatic N) is 1. The number of anilines is 2. The molecule has 0 atom stereocenters. The zero-order valence-electron chi connectivity index (χ0n) is 13.7. The number of hydrogen-bond acceptors (Lipinski definition) is 6. The van der Waals surface area contributed by atoms with E-state index in [4.69, 9.17) is 4.42 Å². The monoisotopic (exact) mass is 376 g/mol. The average molecular weight is 376 g/mol. The fourth-order valence-electron chi connectivity index (χ4n) is 2.16. The minimum Gasteiger partial charge on any atom is -0.465 e.